The molecule has 0 spiro atoms. The first-order chi connectivity index (χ1) is 7.27. The van der Waals surface area contributed by atoms with Crippen molar-refractivity contribution in [3.05, 3.63) is 17.5 Å². The smallest absolute Gasteiger partial charge is 0.238 e. The van der Waals surface area contributed by atoms with Crippen molar-refractivity contribution >= 4 is 17.7 Å². The van der Waals surface area contributed by atoms with Gasteiger partial charge in [0.05, 0.1) is 12.2 Å². The summed E-state index contributed by atoms with van der Waals surface area (Å²) >= 11 is 1.75. The van der Waals surface area contributed by atoms with E-state index in [1.807, 2.05) is 6.92 Å². The highest BCUT2D eigenvalue weighted by atomic mass is 32.2. The first-order valence-corrected chi connectivity index (χ1v) is 6.00. The normalized spacial score (nSPS) is 20.5. The highest BCUT2D eigenvalue weighted by Crippen LogP contribution is 2.09. The molecule has 3 N–H and O–H groups in total. The van der Waals surface area contributed by atoms with Crippen LogP contribution in [0.5, 0.6) is 0 Å². The van der Waals surface area contributed by atoms with Crippen LogP contribution in [0, 0.1) is 6.92 Å². The van der Waals surface area contributed by atoms with Gasteiger partial charge < -0.3 is 5.32 Å². The minimum Gasteiger partial charge on any atom is -0.351 e. The Labute approximate surface area is 92.4 Å². The van der Waals surface area contributed by atoms with Crippen LogP contribution in [0.15, 0.2) is 6.20 Å². The van der Waals surface area contributed by atoms with Crippen molar-refractivity contribution in [2.24, 2.45) is 0 Å². The lowest BCUT2D eigenvalue weighted by molar-refractivity contribution is -0.122. The van der Waals surface area contributed by atoms with Gasteiger partial charge in [0.1, 0.15) is 0 Å². The van der Waals surface area contributed by atoms with Gasteiger partial charge in [0, 0.05) is 29.4 Å². The maximum atomic E-state index is 11.6. The molecule has 1 fully saturated rings. The monoisotopic (exact) mass is 226 g/mol. The molecule has 1 aliphatic heterocycles. The highest BCUT2D eigenvalue weighted by molar-refractivity contribution is 7.99. The average Bonchev–Trinajstić information content (AvgIpc) is 2.85. The molecular formula is C9H14N4OS. The molecule has 1 aromatic rings. The van der Waals surface area contributed by atoms with E-state index in [1.165, 1.54) is 0 Å². The van der Waals surface area contributed by atoms with Crippen LogP contribution >= 0.6 is 11.8 Å². The Kier molecular flexibility index (Phi) is 3.27. The number of nitrogens with one attached hydrogen (secondary N) is 3. The maximum Gasteiger partial charge on any atom is 0.238 e. The number of aromatic amines is 1. The zero-order valence-electron chi connectivity index (χ0n) is 8.54. The zero-order chi connectivity index (χ0) is 10.7. The van der Waals surface area contributed by atoms with Crippen LogP contribution in [0.1, 0.15) is 11.3 Å². The highest BCUT2D eigenvalue weighted by Gasteiger charge is 2.22. The van der Waals surface area contributed by atoms with E-state index in [2.05, 4.69) is 20.8 Å². The van der Waals surface area contributed by atoms with Crippen LogP contribution in [0.4, 0.5) is 0 Å². The molecule has 0 aromatic carbocycles. The Hall–Kier alpha value is -1.01. The lowest BCUT2D eigenvalue weighted by atomic mass is 10.2. The summed E-state index contributed by atoms with van der Waals surface area (Å²) in [6.07, 6.45) is 1.74. The van der Waals surface area contributed by atoms with Crippen LogP contribution in [0.25, 0.3) is 0 Å². The Morgan fingerprint density at radius 1 is 1.80 bits per heavy atom. The number of hydrogen-bond donors (Lipinski definition) is 3. The summed E-state index contributed by atoms with van der Waals surface area (Å²) in [5, 5.41) is 12.8. The Morgan fingerprint density at radius 2 is 2.67 bits per heavy atom. The third-order valence-electron chi connectivity index (χ3n) is 2.42. The molecule has 1 aliphatic rings. The fourth-order valence-corrected chi connectivity index (χ4v) is 2.36. The number of carbonyl (C=O) groups is 1. The number of H-pyrrole nitrogens is 1. The number of amides is 1. The molecule has 2 heterocycles. The lowest BCUT2D eigenvalue weighted by Crippen LogP contribution is -2.41. The molecule has 0 bridgehead atoms. The van der Waals surface area contributed by atoms with Gasteiger partial charge in [-0.25, -0.2) is 0 Å². The molecule has 1 aromatic heterocycles. The molecule has 15 heavy (non-hydrogen) atoms. The first kappa shape index (κ1) is 10.5. The fraction of sp³-hybridized carbons (Fsp3) is 0.556. The molecule has 1 atom stereocenters. The number of carbonyl (C=O) groups excluding carboxylic acids is 1. The van der Waals surface area contributed by atoms with E-state index in [9.17, 15) is 4.79 Å². The van der Waals surface area contributed by atoms with Crippen molar-refractivity contribution in [3.8, 4) is 0 Å². The molecule has 1 amide bonds. The first-order valence-electron chi connectivity index (χ1n) is 4.85. The molecule has 1 saturated heterocycles. The molecule has 1 unspecified atom stereocenters. The van der Waals surface area contributed by atoms with Crippen molar-refractivity contribution in [1.82, 2.24) is 20.8 Å². The third kappa shape index (κ3) is 2.51. The van der Waals surface area contributed by atoms with Crippen LogP contribution in [-0.4, -0.2) is 33.8 Å². The molecular weight excluding hydrogens is 212 g/mol. The average molecular weight is 226 g/mol. The largest absolute Gasteiger partial charge is 0.351 e. The predicted octanol–water partition coefficient (Wildman–Crippen LogP) is -0.00318. The van der Waals surface area contributed by atoms with Crippen molar-refractivity contribution < 1.29 is 4.79 Å². The second-order valence-electron chi connectivity index (χ2n) is 3.51. The van der Waals surface area contributed by atoms with Gasteiger partial charge >= 0.3 is 0 Å². The van der Waals surface area contributed by atoms with Gasteiger partial charge in [0.15, 0.2) is 0 Å². The molecule has 82 valence electrons. The topological polar surface area (TPSA) is 69.8 Å². The predicted molar refractivity (Wildman–Crippen MR) is 59.4 cm³/mol. The number of hydrogen-bond acceptors (Lipinski definition) is 4. The minimum absolute atomic E-state index is 0.0396. The van der Waals surface area contributed by atoms with Gasteiger partial charge in [-0.1, -0.05) is 0 Å². The standard InChI is InChI=1S/C9H14N4OS/c1-6-7(3-12-13-6)2-10-9(14)8-4-15-5-11-8/h3,8,11H,2,4-5H2,1H3,(H,10,14)(H,12,13). The van der Waals surface area contributed by atoms with Crippen molar-refractivity contribution in [2.75, 3.05) is 11.6 Å². The summed E-state index contributed by atoms with van der Waals surface area (Å²) in [6, 6.07) is -0.0396. The number of rotatable bonds is 3. The Balaban J connectivity index is 1.83. The van der Waals surface area contributed by atoms with Crippen LogP contribution < -0.4 is 10.6 Å². The van der Waals surface area contributed by atoms with E-state index >= 15 is 0 Å². The number of aryl methyl sites for hydroxylation is 1. The second kappa shape index (κ2) is 4.67. The number of aromatic nitrogens is 2. The van der Waals surface area contributed by atoms with E-state index < -0.39 is 0 Å². The van der Waals surface area contributed by atoms with Gasteiger partial charge in [0.2, 0.25) is 5.91 Å². The molecule has 6 heteroatoms. The van der Waals surface area contributed by atoms with E-state index in [4.69, 9.17) is 0 Å². The summed E-state index contributed by atoms with van der Waals surface area (Å²) in [7, 11) is 0. The van der Waals surface area contributed by atoms with Gasteiger partial charge in [0.25, 0.3) is 0 Å². The van der Waals surface area contributed by atoms with Crippen LogP contribution in [0.3, 0.4) is 0 Å². The number of nitrogens with zero attached hydrogens (tertiary/aromatic N) is 1. The number of thioether (sulfide) groups is 1. The van der Waals surface area contributed by atoms with E-state index in [-0.39, 0.29) is 11.9 Å². The summed E-state index contributed by atoms with van der Waals surface area (Å²) in [5.74, 6) is 1.79. The van der Waals surface area contributed by atoms with Gasteiger partial charge in [-0.15, -0.1) is 11.8 Å². The summed E-state index contributed by atoms with van der Waals surface area (Å²) in [4.78, 5) is 11.6. The molecule has 5 nitrogen and oxygen atoms in total. The van der Waals surface area contributed by atoms with Crippen molar-refractivity contribution in [3.63, 3.8) is 0 Å². The maximum absolute atomic E-state index is 11.6. The molecule has 0 saturated carbocycles. The SMILES string of the molecule is Cc1[nH]ncc1CNC(=O)C1CSCN1. The van der Waals surface area contributed by atoms with E-state index in [0.29, 0.717) is 6.54 Å². The second-order valence-corrected chi connectivity index (χ2v) is 4.54. The van der Waals surface area contributed by atoms with Crippen LogP contribution in [-0.2, 0) is 11.3 Å². The zero-order valence-corrected chi connectivity index (χ0v) is 9.36. The summed E-state index contributed by atoms with van der Waals surface area (Å²) < 4.78 is 0. The van der Waals surface area contributed by atoms with Crippen LogP contribution in [0.2, 0.25) is 0 Å². The summed E-state index contributed by atoms with van der Waals surface area (Å²) in [6.45, 7) is 2.49. The quantitative estimate of drug-likeness (QED) is 0.678. The Morgan fingerprint density at radius 3 is 3.27 bits per heavy atom. The molecule has 0 radical (unpaired) electrons. The lowest BCUT2D eigenvalue weighted by Gasteiger charge is -2.09. The van der Waals surface area contributed by atoms with Crippen molar-refractivity contribution in [2.45, 2.75) is 19.5 Å². The minimum atomic E-state index is -0.0396. The van der Waals surface area contributed by atoms with E-state index in [0.717, 1.165) is 22.9 Å². The molecule has 0 aliphatic carbocycles. The molecule has 2 rings (SSSR count). The van der Waals surface area contributed by atoms with Gasteiger partial charge in [-0.05, 0) is 6.92 Å². The van der Waals surface area contributed by atoms with Crippen molar-refractivity contribution in [1.29, 1.82) is 0 Å². The van der Waals surface area contributed by atoms with Gasteiger partial charge in [-0.3, -0.25) is 15.2 Å². The fourth-order valence-electron chi connectivity index (χ4n) is 1.42. The van der Waals surface area contributed by atoms with Gasteiger partial charge in [-0.2, -0.15) is 5.10 Å². The third-order valence-corrected chi connectivity index (χ3v) is 3.36. The van der Waals surface area contributed by atoms with E-state index in [1.54, 1.807) is 18.0 Å². The Bertz CT molecular complexity index is 346. The summed E-state index contributed by atoms with van der Waals surface area (Å²) in [5.41, 5.74) is 2.04.